The highest BCUT2D eigenvalue weighted by Crippen LogP contribution is 2.62. The Bertz CT molecular complexity index is 685. The predicted molar refractivity (Wildman–Crippen MR) is 103 cm³/mol. The summed E-state index contributed by atoms with van der Waals surface area (Å²) in [5.41, 5.74) is 3.22. The summed E-state index contributed by atoms with van der Waals surface area (Å²) in [6.45, 7) is 4.04. The quantitative estimate of drug-likeness (QED) is 0.814. The SMILES string of the molecule is CC[C@@]12CCCC[C@H]1[C@@H]1C[C@H](NC(C)=O)c3c[c]c(OC)cc3[C@H]1CC2. The molecule has 2 saturated carbocycles. The molecule has 3 nitrogen and oxygen atoms in total. The molecule has 1 aromatic rings. The van der Waals surface area contributed by atoms with Crippen LogP contribution in [0.25, 0.3) is 0 Å². The maximum absolute atomic E-state index is 11.9. The van der Waals surface area contributed by atoms with Gasteiger partial charge in [0.05, 0.1) is 13.2 Å². The van der Waals surface area contributed by atoms with E-state index in [1.807, 2.05) is 0 Å². The Morgan fingerprint density at radius 2 is 2.15 bits per heavy atom. The molecular formula is C23H32NO2. The van der Waals surface area contributed by atoms with Gasteiger partial charge in [-0.05, 0) is 78.5 Å². The molecule has 0 heterocycles. The number of carbonyl (C=O) groups excluding carboxylic acids is 1. The largest absolute Gasteiger partial charge is 0.496 e. The number of fused-ring (bicyclic) bond motifs is 5. The van der Waals surface area contributed by atoms with Crippen LogP contribution in [0, 0.1) is 23.3 Å². The molecule has 26 heavy (non-hydrogen) atoms. The van der Waals surface area contributed by atoms with Gasteiger partial charge in [0, 0.05) is 13.0 Å². The second-order valence-electron chi connectivity index (χ2n) is 8.78. The first-order valence-electron chi connectivity index (χ1n) is 10.4. The van der Waals surface area contributed by atoms with Gasteiger partial charge in [-0.25, -0.2) is 0 Å². The molecule has 3 heteroatoms. The van der Waals surface area contributed by atoms with Crippen LogP contribution in [0.2, 0.25) is 0 Å². The highest BCUT2D eigenvalue weighted by Gasteiger charge is 2.51. The van der Waals surface area contributed by atoms with Crippen molar-refractivity contribution in [2.45, 2.75) is 77.2 Å². The Morgan fingerprint density at radius 3 is 2.88 bits per heavy atom. The minimum absolute atomic E-state index is 0.0661. The van der Waals surface area contributed by atoms with Gasteiger partial charge in [-0.15, -0.1) is 0 Å². The summed E-state index contributed by atoms with van der Waals surface area (Å²) in [4.78, 5) is 11.9. The number of methoxy groups -OCH3 is 1. The van der Waals surface area contributed by atoms with Gasteiger partial charge in [0.2, 0.25) is 5.91 Å². The zero-order valence-electron chi connectivity index (χ0n) is 16.4. The number of ether oxygens (including phenoxy) is 1. The van der Waals surface area contributed by atoms with Crippen LogP contribution in [0.1, 0.15) is 88.3 Å². The summed E-state index contributed by atoms with van der Waals surface area (Å²) in [5.74, 6) is 2.99. The third kappa shape index (κ3) is 2.84. The molecule has 1 aromatic carbocycles. The summed E-state index contributed by atoms with van der Waals surface area (Å²) in [7, 11) is 1.72. The molecule has 1 N–H and O–H groups in total. The highest BCUT2D eigenvalue weighted by atomic mass is 16.5. The minimum Gasteiger partial charge on any atom is -0.496 e. The lowest BCUT2D eigenvalue weighted by Gasteiger charge is -2.56. The summed E-state index contributed by atoms with van der Waals surface area (Å²) in [6.07, 6.45) is 10.6. The van der Waals surface area contributed by atoms with E-state index < -0.39 is 0 Å². The number of rotatable bonds is 3. The van der Waals surface area contributed by atoms with Gasteiger partial charge >= 0.3 is 0 Å². The molecule has 0 unspecified atom stereocenters. The van der Waals surface area contributed by atoms with Gasteiger partial charge in [0.25, 0.3) is 0 Å². The molecular weight excluding hydrogens is 322 g/mol. The first-order chi connectivity index (χ1) is 12.6. The fraction of sp³-hybridized carbons (Fsp3) is 0.696. The van der Waals surface area contributed by atoms with Gasteiger partial charge in [-0.3, -0.25) is 4.79 Å². The molecule has 4 rings (SSSR count). The third-order valence-corrected chi connectivity index (χ3v) is 7.79. The minimum atomic E-state index is 0.0661. The van der Waals surface area contributed by atoms with Gasteiger partial charge in [-0.2, -0.15) is 0 Å². The Morgan fingerprint density at radius 1 is 1.31 bits per heavy atom. The second kappa shape index (κ2) is 6.90. The van der Waals surface area contributed by atoms with Crippen molar-refractivity contribution >= 4 is 5.91 Å². The van der Waals surface area contributed by atoms with Crippen molar-refractivity contribution in [2.24, 2.45) is 17.3 Å². The van der Waals surface area contributed by atoms with Gasteiger partial charge < -0.3 is 10.1 Å². The fourth-order valence-electron chi connectivity index (χ4n) is 6.60. The Balaban J connectivity index is 1.75. The van der Waals surface area contributed by atoms with Crippen LogP contribution in [-0.2, 0) is 4.79 Å². The lowest BCUT2D eigenvalue weighted by Crippen LogP contribution is -2.47. The van der Waals surface area contributed by atoms with Crippen LogP contribution in [0.15, 0.2) is 12.1 Å². The highest BCUT2D eigenvalue weighted by molar-refractivity contribution is 5.73. The number of nitrogens with one attached hydrogen (secondary N) is 1. The molecule has 1 amide bonds. The normalized spacial score (nSPS) is 35.7. The first kappa shape index (κ1) is 17.9. The summed E-state index contributed by atoms with van der Waals surface area (Å²) >= 11 is 0. The van der Waals surface area contributed by atoms with E-state index in [4.69, 9.17) is 4.74 Å². The molecule has 0 spiro atoms. The molecule has 1 radical (unpaired) electrons. The summed E-state index contributed by atoms with van der Waals surface area (Å²) in [5, 5.41) is 3.23. The van der Waals surface area contributed by atoms with E-state index in [1.165, 1.54) is 56.1 Å². The summed E-state index contributed by atoms with van der Waals surface area (Å²) in [6, 6.07) is 7.63. The maximum atomic E-state index is 11.9. The number of hydrogen-bond acceptors (Lipinski definition) is 2. The van der Waals surface area contributed by atoms with Crippen LogP contribution < -0.4 is 10.1 Å². The van der Waals surface area contributed by atoms with Crippen molar-refractivity contribution in [3.8, 4) is 5.75 Å². The smallest absolute Gasteiger partial charge is 0.217 e. The number of carbonyl (C=O) groups is 1. The number of hydrogen-bond donors (Lipinski definition) is 1. The Labute approximate surface area is 157 Å². The van der Waals surface area contributed by atoms with E-state index in [1.54, 1.807) is 14.0 Å². The lowest BCUT2D eigenvalue weighted by atomic mass is 9.49. The van der Waals surface area contributed by atoms with E-state index >= 15 is 0 Å². The maximum Gasteiger partial charge on any atom is 0.217 e. The van der Waals surface area contributed by atoms with Crippen molar-refractivity contribution in [2.75, 3.05) is 7.11 Å². The molecule has 0 bridgehead atoms. The summed E-state index contributed by atoms with van der Waals surface area (Å²) < 4.78 is 5.48. The van der Waals surface area contributed by atoms with Crippen molar-refractivity contribution in [3.05, 3.63) is 29.3 Å². The molecule has 2 fully saturated rings. The second-order valence-corrected chi connectivity index (χ2v) is 8.78. The van der Waals surface area contributed by atoms with Crippen molar-refractivity contribution in [3.63, 3.8) is 0 Å². The molecule has 0 saturated heterocycles. The van der Waals surface area contributed by atoms with E-state index in [2.05, 4.69) is 30.4 Å². The van der Waals surface area contributed by atoms with E-state index in [0.717, 1.165) is 18.1 Å². The molecule has 0 aromatic heterocycles. The van der Waals surface area contributed by atoms with Crippen LogP contribution in [-0.4, -0.2) is 13.0 Å². The van der Waals surface area contributed by atoms with Gasteiger partial charge in [0.15, 0.2) is 0 Å². The van der Waals surface area contributed by atoms with E-state index in [9.17, 15) is 4.79 Å². The molecule has 141 valence electrons. The monoisotopic (exact) mass is 354 g/mol. The van der Waals surface area contributed by atoms with Crippen molar-refractivity contribution in [1.82, 2.24) is 5.32 Å². The van der Waals surface area contributed by atoms with Crippen LogP contribution in [0.3, 0.4) is 0 Å². The van der Waals surface area contributed by atoms with E-state index in [-0.39, 0.29) is 11.9 Å². The molecule has 0 aliphatic heterocycles. The van der Waals surface area contributed by atoms with Crippen molar-refractivity contribution in [1.29, 1.82) is 0 Å². The van der Waals surface area contributed by atoms with Crippen LogP contribution in [0.5, 0.6) is 5.75 Å². The van der Waals surface area contributed by atoms with Crippen molar-refractivity contribution < 1.29 is 9.53 Å². The number of benzene rings is 1. The average Bonchev–Trinajstić information content (AvgIpc) is 2.66. The van der Waals surface area contributed by atoms with Crippen LogP contribution in [0.4, 0.5) is 0 Å². The zero-order valence-corrected chi connectivity index (χ0v) is 16.4. The topological polar surface area (TPSA) is 38.3 Å². The average molecular weight is 355 g/mol. The zero-order chi connectivity index (χ0) is 18.3. The molecule has 3 aliphatic carbocycles. The first-order valence-corrected chi connectivity index (χ1v) is 10.4. The predicted octanol–water partition coefficient (Wildman–Crippen LogP) is 5.16. The van der Waals surface area contributed by atoms with Gasteiger partial charge in [0.1, 0.15) is 5.75 Å². The number of amides is 1. The Hall–Kier alpha value is -1.51. The molecule has 3 aliphatic rings. The lowest BCUT2D eigenvalue weighted by molar-refractivity contribution is -0.120. The van der Waals surface area contributed by atoms with E-state index in [0.29, 0.717) is 17.3 Å². The molecule has 5 atom stereocenters. The third-order valence-electron chi connectivity index (χ3n) is 7.79. The Kier molecular flexibility index (Phi) is 4.75. The van der Waals surface area contributed by atoms with Crippen LogP contribution >= 0.6 is 0 Å². The van der Waals surface area contributed by atoms with Gasteiger partial charge in [-0.1, -0.05) is 26.2 Å². The fourth-order valence-corrected chi connectivity index (χ4v) is 6.60. The standard InChI is InChI=1S/C23H32NO2/c1-4-23-11-6-5-7-21(23)20-14-22(24-15(2)25)18-9-8-16(26-3)13-19(18)17(20)10-12-23/h9,13,17,20-22H,4-7,10-12,14H2,1-3H3,(H,24,25)/t17-,20-,21+,22+,23+/m1/s1.